The smallest absolute Gasteiger partial charge is 0.409 e. The maximum atomic E-state index is 12.3. The molecular weight excluding hydrogens is 354 g/mol. The fourth-order valence-corrected chi connectivity index (χ4v) is 3.76. The number of nitrogens with zero attached hydrogens (tertiary/aromatic N) is 1. The highest BCUT2D eigenvalue weighted by atomic mass is 16.6. The van der Waals surface area contributed by atoms with Gasteiger partial charge < -0.3 is 9.64 Å². The third-order valence-electron chi connectivity index (χ3n) is 4.95. The number of rotatable bonds is 2. The Bertz CT molecular complexity index is 760. The van der Waals surface area contributed by atoms with Crippen molar-refractivity contribution in [2.45, 2.75) is 40.0 Å². The second-order valence-corrected chi connectivity index (χ2v) is 6.44. The molecule has 5 heteroatoms. The van der Waals surface area contributed by atoms with Crippen LogP contribution in [-0.2, 0) is 14.3 Å². The summed E-state index contributed by atoms with van der Waals surface area (Å²) in [5, 5.41) is 0. The van der Waals surface area contributed by atoms with Crippen LogP contribution in [-0.4, -0.2) is 36.8 Å². The molecule has 0 aromatic heterocycles. The Labute approximate surface area is 167 Å². The summed E-state index contributed by atoms with van der Waals surface area (Å²) in [7, 11) is 0. The van der Waals surface area contributed by atoms with Crippen LogP contribution in [0.3, 0.4) is 0 Å². The molecule has 4 rings (SSSR count). The first-order chi connectivity index (χ1) is 12.8. The lowest BCUT2D eigenvalue weighted by molar-refractivity contribution is -0.191. The molecule has 0 spiro atoms. The van der Waals surface area contributed by atoms with Gasteiger partial charge in [0.25, 0.3) is 0 Å². The van der Waals surface area contributed by atoms with Gasteiger partial charge in [0.05, 0.1) is 0 Å². The van der Waals surface area contributed by atoms with E-state index in [1.807, 2.05) is 4.90 Å². The monoisotopic (exact) mass is 383 g/mol. The highest BCUT2D eigenvalue weighted by Gasteiger charge is 2.29. The molecule has 150 valence electrons. The summed E-state index contributed by atoms with van der Waals surface area (Å²) >= 11 is 0. The van der Waals surface area contributed by atoms with E-state index in [9.17, 15) is 4.79 Å². The van der Waals surface area contributed by atoms with Gasteiger partial charge in [-0.2, -0.15) is 9.59 Å². The second kappa shape index (κ2) is 11.1. The Morgan fingerprint density at radius 1 is 0.893 bits per heavy atom. The SMILES string of the molecule is C.C.O=C(OCC1c2ccccc2-c2ccccc21)N1CCCCC1.O=C=O. The zero-order valence-corrected chi connectivity index (χ0v) is 14.5. The first-order valence-electron chi connectivity index (χ1n) is 8.85. The number of ether oxygens (including phenoxy) is 1. The summed E-state index contributed by atoms with van der Waals surface area (Å²) in [5.74, 6) is 0.149. The first kappa shape index (κ1) is 23.1. The quantitative estimate of drug-likeness (QED) is 0.723. The third-order valence-corrected chi connectivity index (χ3v) is 4.95. The van der Waals surface area contributed by atoms with Gasteiger partial charge in [-0.25, -0.2) is 4.79 Å². The van der Waals surface area contributed by atoms with Gasteiger partial charge in [0.2, 0.25) is 0 Å². The van der Waals surface area contributed by atoms with Crippen LogP contribution in [0.5, 0.6) is 0 Å². The second-order valence-electron chi connectivity index (χ2n) is 6.44. The van der Waals surface area contributed by atoms with Gasteiger partial charge in [-0.15, -0.1) is 0 Å². The summed E-state index contributed by atoms with van der Waals surface area (Å²) < 4.78 is 5.67. The van der Waals surface area contributed by atoms with Crippen molar-refractivity contribution in [3.63, 3.8) is 0 Å². The van der Waals surface area contributed by atoms with Gasteiger partial charge in [-0.3, -0.25) is 0 Å². The number of amides is 1. The summed E-state index contributed by atoms with van der Waals surface area (Å²) in [5.41, 5.74) is 5.06. The fraction of sp³-hybridized carbons (Fsp3) is 0.391. The van der Waals surface area contributed by atoms with Crippen LogP contribution in [0.4, 0.5) is 4.79 Å². The average Bonchev–Trinajstić information content (AvgIpc) is 3.01. The molecule has 28 heavy (non-hydrogen) atoms. The molecule has 1 fully saturated rings. The Kier molecular flexibility index (Phi) is 9.13. The van der Waals surface area contributed by atoms with Crippen molar-refractivity contribution in [3.8, 4) is 11.1 Å². The molecule has 0 radical (unpaired) electrons. The highest BCUT2D eigenvalue weighted by Crippen LogP contribution is 2.44. The topological polar surface area (TPSA) is 63.7 Å². The lowest BCUT2D eigenvalue weighted by Crippen LogP contribution is -2.36. The number of piperidine rings is 1. The van der Waals surface area contributed by atoms with Crippen LogP contribution in [0.25, 0.3) is 11.1 Å². The Hall–Kier alpha value is -2.91. The van der Waals surface area contributed by atoms with E-state index in [0.717, 1.165) is 25.9 Å². The van der Waals surface area contributed by atoms with E-state index < -0.39 is 0 Å². The number of hydrogen-bond acceptors (Lipinski definition) is 4. The molecule has 1 saturated heterocycles. The minimum absolute atomic E-state index is 0. The van der Waals surface area contributed by atoms with Crippen molar-refractivity contribution >= 4 is 12.2 Å². The molecule has 1 aliphatic heterocycles. The number of carbonyl (C=O) groups is 1. The number of benzene rings is 2. The summed E-state index contributed by atoms with van der Waals surface area (Å²) in [6, 6.07) is 16.9. The van der Waals surface area contributed by atoms with Crippen LogP contribution >= 0.6 is 0 Å². The fourth-order valence-electron chi connectivity index (χ4n) is 3.76. The molecule has 0 N–H and O–H groups in total. The Morgan fingerprint density at radius 3 is 1.86 bits per heavy atom. The average molecular weight is 383 g/mol. The van der Waals surface area contributed by atoms with E-state index in [-0.39, 0.29) is 33.0 Å². The molecule has 1 aliphatic carbocycles. The van der Waals surface area contributed by atoms with Gasteiger partial charge >= 0.3 is 12.2 Å². The normalized spacial score (nSPS) is 14.1. The van der Waals surface area contributed by atoms with Crippen LogP contribution in [0.1, 0.15) is 51.2 Å². The largest absolute Gasteiger partial charge is 0.448 e. The van der Waals surface area contributed by atoms with Crippen molar-refractivity contribution in [3.05, 3.63) is 59.7 Å². The Morgan fingerprint density at radius 2 is 1.36 bits per heavy atom. The summed E-state index contributed by atoms with van der Waals surface area (Å²) in [6.07, 6.45) is 3.48. The standard InChI is InChI=1S/C20H21NO2.CO2.2CH4/c22-20(21-12-6-1-7-13-21)23-14-19-17-10-4-2-8-15(17)16-9-3-5-11-18(16)19;2-1-3;;/h2-5,8-11,19H,1,6-7,12-14H2;;2*1H4. The molecule has 0 atom stereocenters. The van der Waals surface area contributed by atoms with E-state index in [0.29, 0.717) is 6.61 Å². The van der Waals surface area contributed by atoms with Gasteiger partial charge in [0.15, 0.2) is 0 Å². The van der Waals surface area contributed by atoms with Crippen LogP contribution < -0.4 is 0 Å². The van der Waals surface area contributed by atoms with Crippen molar-refractivity contribution < 1.29 is 19.1 Å². The highest BCUT2D eigenvalue weighted by molar-refractivity contribution is 5.79. The van der Waals surface area contributed by atoms with Gasteiger partial charge in [0.1, 0.15) is 6.61 Å². The number of likely N-dealkylation sites (tertiary alicyclic amines) is 1. The molecule has 1 amide bonds. The molecule has 0 unspecified atom stereocenters. The maximum absolute atomic E-state index is 12.3. The molecular formula is C23H29NO4. The molecule has 5 nitrogen and oxygen atoms in total. The first-order valence-corrected chi connectivity index (χ1v) is 8.85. The van der Waals surface area contributed by atoms with Crippen molar-refractivity contribution in [1.82, 2.24) is 4.90 Å². The van der Waals surface area contributed by atoms with Crippen molar-refractivity contribution in [1.29, 1.82) is 0 Å². The maximum Gasteiger partial charge on any atom is 0.409 e. The molecule has 1 heterocycles. The van der Waals surface area contributed by atoms with Crippen molar-refractivity contribution in [2.24, 2.45) is 0 Å². The van der Waals surface area contributed by atoms with E-state index in [1.165, 1.54) is 28.7 Å². The zero-order chi connectivity index (χ0) is 18.4. The molecule has 0 bridgehead atoms. The minimum atomic E-state index is -0.161. The van der Waals surface area contributed by atoms with E-state index in [2.05, 4.69) is 48.5 Å². The predicted molar refractivity (Wildman–Crippen MR) is 109 cm³/mol. The van der Waals surface area contributed by atoms with E-state index in [1.54, 1.807) is 0 Å². The minimum Gasteiger partial charge on any atom is -0.448 e. The lowest BCUT2D eigenvalue weighted by atomic mass is 9.98. The lowest BCUT2D eigenvalue weighted by Gasteiger charge is -2.26. The van der Waals surface area contributed by atoms with Crippen LogP contribution in [0, 0.1) is 0 Å². The zero-order valence-electron chi connectivity index (χ0n) is 14.5. The predicted octanol–water partition coefficient (Wildman–Crippen LogP) is 5.11. The van der Waals surface area contributed by atoms with Crippen LogP contribution in [0.15, 0.2) is 48.5 Å². The van der Waals surface area contributed by atoms with Crippen molar-refractivity contribution in [2.75, 3.05) is 19.7 Å². The summed E-state index contributed by atoms with van der Waals surface area (Å²) in [4.78, 5) is 30.4. The molecule has 2 aromatic rings. The van der Waals surface area contributed by atoms with Crippen LogP contribution in [0.2, 0.25) is 0 Å². The summed E-state index contributed by atoms with van der Waals surface area (Å²) in [6.45, 7) is 2.08. The third kappa shape index (κ3) is 4.87. The molecule has 2 aromatic carbocycles. The molecule has 2 aliphatic rings. The number of fused-ring (bicyclic) bond motifs is 3. The number of hydrogen-bond donors (Lipinski definition) is 0. The van der Waals surface area contributed by atoms with E-state index in [4.69, 9.17) is 14.3 Å². The van der Waals surface area contributed by atoms with Gasteiger partial charge in [0, 0.05) is 19.0 Å². The van der Waals surface area contributed by atoms with E-state index >= 15 is 0 Å². The Balaban J connectivity index is 0.000000739. The molecule has 0 saturated carbocycles. The van der Waals surface area contributed by atoms with Gasteiger partial charge in [-0.1, -0.05) is 63.4 Å². The number of carbonyl (C=O) groups excluding carboxylic acids is 3. The van der Waals surface area contributed by atoms with Gasteiger partial charge in [-0.05, 0) is 41.5 Å².